The van der Waals surface area contributed by atoms with Crippen molar-refractivity contribution in [1.82, 2.24) is 26.6 Å². The lowest BCUT2D eigenvalue weighted by molar-refractivity contribution is -0.462. The van der Waals surface area contributed by atoms with Gasteiger partial charge in [0, 0.05) is 89.6 Å². The SMILES string of the molecule is C=C(C)C(=O)CCCCCC(=O)C(CS(=O)(=O)[O-])N(Cc1ccccc1B(O)O)Cc1c2ccccc2c(CN(Cc2ccccc2B(O)O)C(CS(=O)(=O)[O-])C(=O)NCCCNC(=O)C(=C)C)c2cc(C3=C4C=CC(=[N+](C)C)C=C4[Si](C)(C)c4cc(N(C)C)ccc43)ccc12.[NH4+]. The summed E-state index contributed by atoms with van der Waals surface area (Å²) in [6.45, 7) is 14.1. The Morgan fingerprint density at radius 3 is 1.70 bits per heavy atom. The van der Waals surface area contributed by atoms with Crippen molar-refractivity contribution in [2.75, 3.05) is 57.7 Å². The quantitative estimate of drug-likeness (QED) is 0.00732. The third-order valence-corrected chi connectivity index (χ3v) is 23.0. The lowest BCUT2D eigenvalue weighted by atomic mass is 9.77. The van der Waals surface area contributed by atoms with Crippen molar-refractivity contribution in [3.05, 3.63) is 196 Å². The van der Waals surface area contributed by atoms with Crippen LogP contribution in [0.15, 0.2) is 162 Å². The van der Waals surface area contributed by atoms with Crippen LogP contribution in [0.4, 0.5) is 5.69 Å². The van der Waals surface area contributed by atoms with Crippen molar-refractivity contribution in [2.45, 2.75) is 104 Å². The summed E-state index contributed by atoms with van der Waals surface area (Å²) in [5.74, 6) is -4.35. The number of rotatable bonds is 32. The number of quaternary nitrogens is 1. The van der Waals surface area contributed by atoms with Crippen LogP contribution >= 0.6 is 0 Å². The van der Waals surface area contributed by atoms with E-state index in [1.807, 2.05) is 58.5 Å². The van der Waals surface area contributed by atoms with E-state index in [4.69, 9.17) is 0 Å². The molecule has 6 aromatic rings. The first kappa shape index (κ1) is 76.5. The Morgan fingerprint density at radius 2 is 1.15 bits per heavy atom. The van der Waals surface area contributed by atoms with E-state index in [1.54, 1.807) is 67.3 Å². The minimum absolute atomic E-state index is 0. The molecule has 1 aliphatic carbocycles. The highest BCUT2D eigenvalue weighted by atomic mass is 32.2. The van der Waals surface area contributed by atoms with Crippen LogP contribution in [-0.4, -0.2) is 177 Å². The van der Waals surface area contributed by atoms with Gasteiger partial charge in [0.05, 0.1) is 37.8 Å². The van der Waals surface area contributed by atoms with Gasteiger partial charge in [-0.15, -0.1) is 0 Å². The van der Waals surface area contributed by atoms with Gasteiger partial charge in [-0.25, -0.2) is 21.4 Å². The fourth-order valence-corrected chi connectivity index (χ4v) is 17.5. The van der Waals surface area contributed by atoms with Crippen LogP contribution < -0.4 is 37.8 Å². The molecule has 10 N–H and O–H groups in total. The second-order valence-corrected chi connectivity index (χ2v) is 33.1. The number of fused-ring (bicyclic) bond motifs is 4. The van der Waals surface area contributed by atoms with Crippen molar-refractivity contribution in [1.29, 1.82) is 0 Å². The van der Waals surface area contributed by atoms with Gasteiger partial charge in [-0.3, -0.25) is 29.0 Å². The number of benzene rings is 6. The van der Waals surface area contributed by atoms with Crippen LogP contribution in [0.25, 0.3) is 27.1 Å². The Labute approximate surface area is 571 Å². The zero-order valence-electron chi connectivity index (χ0n) is 56.7. The number of hydrogen-bond donors (Lipinski definition) is 7. The molecule has 0 fully saturated rings. The van der Waals surface area contributed by atoms with Crippen molar-refractivity contribution in [3.63, 3.8) is 0 Å². The van der Waals surface area contributed by atoms with Gasteiger partial charge in [0.2, 0.25) is 11.8 Å². The van der Waals surface area contributed by atoms with Crippen LogP contribution in [-0.2, 0) is 65.6 Å². The fourth-order valence-electron chi connectivity index (χ4n) is 12.8. The van der Waals surface area contributed by atoms with Gasteiger partial charge in [0.15, 0.2) is 17.3 Å². The molecule has 514 valence electrons. The molecule has 0 radical (unpaired) electrons. The molecule has 0 saturated carbocycles. The van der Waals surface area contributed by atoms with Crippen molar-refractivity contribution in [2.24, 2.45) is 0 Å². The molecule has 0 bridgehead atoms. The van der Waals surface area contributed by atoms with E-state index in [1.165, 1.54) is 27.4 Å². The van der Waals surface area contributed by atoms with Gasteiger partial charge >= 0.3 is 14.2 Å². The zero-order chi connectivity index (χ0) is 70.1. The smallest absolute Gasteiger partial charge is 0.488 e. The average molecular weight is 1380 g/mol. The molecule has 1 heterocycles. The summed E-state index contributed by atoms with van der Waals surface area (Å²) < 4.78 is 81.6. The van der Waals surface area contributed by atoms with Crippen LogP contribution in [0, 0.1) is 0 Å². The summed E-state index contributed by atoms with van der Waals surface area (Å²) >= 11 is 0. The number of hydrogen-bond acceptors (Lipinski definition) is 17. The third kappa shape index (κ3) is 18.9. The topological polar surface area (TPSA) is 337 Å². The van der Waals surface area contributed by atoms with Gasteiger partial charge < -0.3 is 50.9 Å². The van der Waals surface area contributed by atoms with E-state index < -0.39 is 83.7 Å². The van der Waals surface area contributed by atoms with Crippen LogP contribution in [0.1, 0.15) is 85.8 Å². The summed E-state index contributed by atoms with van der Waals surface area (Å²) in [7, 11) is -9.02. The molecular formula is C71H89B2N7O14S2Si. The molecule has 0 saturated heterocycles. The molecule has 0 aromatic heterocycles. The van der Waals surface area contributed by atoms with E-state index in [0.717, 1.165) is 33.7 Å². The largest absolute Gasteiger partial charge is 0.748 e. The second-order valence-electron chi connectivity index (χ2n) is 25.9. The summed E-state index contributed by atoms with van der Waals surface area (Å²) in [6.07, 6.45) is 7.75. The Bertz CT molecular complexity index is 4400. The van der Waals surface area contributed by atoms with Gasteiger partial charge in [0.25, 0.3) is 0 Å². The normalized spacial score (nSPS) is 14.1. The molecule has 21 nitrogen and oxygen atoms in total. The molecule has 97 heavy (non-hydrogen) atoms. The Morgan fingerprint density at radius 1 is 0.629 bits per heavy atom. The second kappa shape index (κ2) is 32.7. The predicted molar refractivity (Wildman–Crippen MR) is 387 cm³/mol. The highest BCUT2D eigenvalue weighted by Gasteiger charge is 2.41. The van der Waals surface area contributed by atoms with Crippen molar-refractivity contribution >= 4 is 121 Å². The minimum atomic E-state index is -5.24. The van der Waals surface area contributed by atoms with Crippen LogP contribution in [0.2, 0.25) is 13.1 Å². The standard InChI is InChI=1S/C71H86B2N6O14S2Si.H3N/c1-46(2)65(80)27-12-11-13-28-66(81)63(44-94(88,89)90)78(40-49-21-14-18-25-61(49)72(84)85)42-59-53-23-16-17-24-54(53)60(43-79(41-50-22-15-19-26-62(50)73(86)87)64(45-95(91,92)93)71(83)75-36-20-35-74-70(82)47(3)4)58-37-48(29-32-55(58)59)69-56-33-30-51(76(5)6)38-67(56)96(9,10)68-39-52(77(7)8)31-34-57(68)69;/h14-19,21-26,29-34,37-39,63-64,84-87H,1,3,11-13,20,27-28,35-36,40-45H2,2,4-10H3,(H3-,74,75,82,83,88,89,90,91,92,93);1H3. The first-order valence-electron chi connectivity index (χ1n) is 31.9. The van der Waals surface area contributed by atoms with Gasteiger partial charge in [-0.1, -0.05) is 124 Å². The molecule has 6 aromatic carbocycles. The van der Waals surface area contributed by atoms with Crippen molar-refractivity contribution < 1.29 is 69.8 Å². The van der Waals surface area contributed by atoms with Gasteiger partial charge in [-0.05, 0) is 150 Å². The van der Waals surface area contributed by atoms with E-state index in [0.29, 0.717) is 56.6 Å². The number of Topliss-reactive ketones (excluding diaryl/α,β-unsaturated/α-hetero) is 2. The highest BCUT2D eigenvalue weighted by Crippen LogP contribution is 2.44. The molecule has 1 aliphatic heterocycles. The molecule has 2 aliphatic rings. The maximum atomic E-state index is 15.0. The predicted octanol–water partition coefficient (Wildman–Crippen LogP) is 4.97. The lowest BCUT2D eigenvalue weighted by Crippen LogP contribution is -2.51. The van der Waals surface area contributed by atoms with E-state index in [2.05, 4.69) is 82.8 Å². The molecule has 2 unspecified atom stereocenters. The molecular weight excluding hydrogens is 1290 g/mol. The Kier molecular flexibility index (Phi) is 25.8. The number of nitrogens with zero attached hydrogens (tertiary/aromatic N) is 4. The number of nitrogens with one attached hydrogen (secondary N) is 2. The number of ketones is 2. The summed E-state index contributed by atoms with van der Waals surface area (Å²) in [6, 6.07) is 28.9. The number of anilines is 1. The maximum absolute atomic E-state index is 15.0. The summed E-state index contributed by atoms with van der Waals surface area (Å²) in [5.41, 5.74) is 7.98. The number of carbonyl (C=O) groups excluding carboxylic acids is 4. The minimum Gasteiger partial charge on any atom is -0.748 e. The van der Waals surface area contributed by atoms with Crippen LogP contribution in [0.5, 0.6) is 0 Å². The number of carbonyl (C=O) groups is 4. The number of allylic oxidation sites excluding steroid dienone is 6. The molecule has 2 amide bonds. The van der Waals surface area contributed by atoms with Gasteiger partial charge in [0.1, 0.15) is 28.2 Å². The number of amides is 2. The highest BCUT2D eigenvalue weighted by molar-refractivity contribution is 7.86. The van der Waals surface area contributed by atoms with E-state index in [-0.39, 0.29) is 98.9 Å². The summed E-state index contributed by atoms with van der Waals surface area (Å²) in [4.78, 5) is 59.8. The molecule has 2 atom stereocenters. The number of unbranched alkanes of at least 4 members (excludes halogenated alkanes) is 2. The first-order valence-corrected chi connectivity index (χ1v) is 38.1. The van der Waals surface area contributed by atoms with Crippen molar-refractivity contribution in [3.8, 4) is 0 Å². The Balaban J connectivity index is 0.0000133. The van der Waals surface area contributed by atoms with Crippen LogP contribution in [0.3, 0.4) is 0 Å². The Hall–Kier alpha value is -7.82. The average Bonchev–Trinajstić information content (AvgIpc) is 0.726. The first-order chi connectivity index (χ1) is 45.3. The monoisotopic (exact) mass is 1380 g/mol. The zero-order valence-corrected chi connectivity index (χ0v) is 59.4. The third-order valence-electron chi connectivity index (χ3n) is 18.0. The molecule has 8 rings (SSSR count). The maximum Gasteiger partial charge on any atom is 0.488 e. The molecule has 0 spiro atoms. The van der Waals surface area contributed by atoms with E-state index >= 15 is 0 Å². The fraction of sp³-hybridized carbons (Fsp3) is 0.338. The van der Waals surface area contributed by atoms with Gasteiger partial charge in [-0.2, -0.15) is 0 Å². The molecule has 26 heteroatoms. The summed E-state index contributed by atoms with van der Waals surface area (Å²) in [5, 5.41) is 53.1. The van der Waals surface area contributed by atoms with E-state index in [9.17, 15) is 65.2 Å². The lowest BCUT2D eigenvalue weighted by Gasteiger charge is -2.38.